The zero-order valence-corrected chi connectivity index (χ0v) is 5.56. The maximum absolute atomic E-state index is 10.6. The van der Waals surface area contributed by atoms with Crippen molar-refractivity contribution in [1.29, 1.82) is 0 Å². The van der Waals surface area contributed by atoms with Gasteiger partial charge in [0.25, 0.3) is 5.12 Å². The van der Waals surface area contributed by atoms with E-state index in [1.165, 1.54) is 0 Å². The highest BCUT2D eigenvalue weighted by Crippen LogP contribution is 2.26. The van der Waals surface area contributed by atoms with Crippen LogP contribution in [-0.2, 0) is 9.84 Å². The Morgan fingerprint density at radius 1 is 1.33 bits per heavy atom. The molecule has 2 N–H and O–H groups in total. The Morgan fingerprint density at radius 2 is 1.89 bits per heavy atom. The second-order valence-electron chi connectivity index (χ2n) is 2.17. The summed E-state index contributed by atoms with van der Waals surface area (Å²) in [7, 11) is -3.61. The van der Waals surface area contributed by atoms with Crippen LogP contribution in [0.1, 0.15) is 12.8 Å². The zero-order valence-electron chi connectivity index (χ0n) is 4.74. The topological polar surface area (TPSA) is 74.6 Å². The molecule has 5 heteroatoms. The molecule has 1 aliphatic heterocycles. The van der Waals surface area contributed by atoms with Gasteiger partial charge < -0.3 is 10.2 Å². The van der Waals surface area contributed by atoms with Gasteiger partial charge in [-0.1, -0.05) is 0 Å². The summed E-state index contributed by atoms with van der Waals surface area (Å²) < 4.78 is 21.2. The van der Waals surface area contributed by atoms with Gasteiger partial charge in [0.1, 0.15) is 0 Å². The van der Waals surface area contributed by atoms with Crippen LogP contribution in [0, 0.1) is 0 Å². The van der Waals surface area contributed by atoms with Gasteiger partial charge in [0.2, 0.25) is 9.84 Å². The van der Waals surface area contributed by atoms with Crippen LogP contribution in [0.25, 0.3) is 0 Å². The molecule has 0 amide bonds. The summed E-state index contributed by atoms with van der Waals surface area (Å²) in [5.74, 6) is -0.111. The Kier molecular flexibility index (Phi) is 1.30. The molecule has 0 aromatic carbocycles. The van der Waals surface area contributed by atoms with Gasteiger partial charge in [-0.05, 0) is 6.42 Å². The lowest BCUT2D eigenvalue weighted by molar-refractivity contribution is -0.0834. The molecule has 0 radical (unpaired) electrons. The number of aliphatic hydroxyl groups is 2. The van der Waals surface area contributed by atoms with E-state index in [9.17, 15) is 8.42 Å². The molecule has 0 aromatic rings. The molecular weight excluding hydrogens is 144 g/mol. The first kappa shape index (κ1) is 6.98. The molecule has 1 fully saturated rings. The van der Waals surface area contributed by atoms with E-state index in [0.717, 1.165) is 0 Å². The van der Waals surface area contributed by atoms with Crippen LogP contribution >= 0.6 is 0 Å². The minimum absolute atomic E-state index is 0.0602. The van der Waals surface area contributed by atoms with Gasteiger partial charge in [-0.15, -0.1) is 0 Å². The van der Waals surface area contributed by atoms with Gasteiger partial charge in [0.05, 0.1) is 5.75 Å². The molecule has 0 bridgehead atoms. The number of hydrogen-bond donors (Lipinski definition) is 2. The molecule has 1 rings (SSSR count). The van der Waals surface area contributed by atoms with Crippen LogP contribution in [0.2, 0.25) is 0 Å². The van der Waals surface area contributed by atoms with Crippen LogP contribution in [0.5, 0.6) is 0 Å². The number of rotatable bonds is 0. The summed E-state index contributed by atoms with van der Waals surface area (Å²) in [6.07, 6.45) is 0.282. The highest BCUT2D eigenvalue weighted by Gasteiger charge is 2.44. The fourth-order valence-corrected chi connectivity index (χ4v) is 2.12. The predicted molar refractivity (Wildman–Crippen MR) is 30.2 cm³/mol. The van der Waals surface area contributed by atoms with E-state index in [1.54, 1.807) is 0 Å². The molecule has 1 heterocycles. The van der Waals surface area contributed by atoms with Crippen molar-refractivity contribution in [2.24, 2.45) is 0 Å². The van der Waals surface area contributed by atoms with Crippen molar-refractivity contribution in [3.8, 4) is 0 Å². The van der Waals surface area contributed by atoms with Crippen molar-refractivity contribution >= 4 is 9.84 Å². The van der Waals surface area contributed by atoms with Gasteiger partial charge in [-0.25, -0.2) is 8.42 Å². The molecule has 0 aliphatic carbocycles. The summed E-state index contributed by atoms with van der Waals surface area (Å²) in [6.45, 7) is 0. The second-order valence-corrected chi connectivity index (χ2v) is 4.46. The molecular formula is C4H8O4S. The number of hydrogen-bond acceptors (Lipinski definition) is 4. The molecule has 0 atom stereocenters. The van der Waals surface area contributed by atoms with Crippen LogP contribution < -0.4 is 0 Å². The van der Waals surface area contributed by atoms with E-state index in [1.807, 2.05) is 0 Å². The Bertz CT molecular complexity index is 203. The molecule has 0 saturated carbocycles. The lowest BCUT2D eigenvalue weighted by atomic mass is 10.3. The smallest absolute Gasteiger partial charge is 0.268 e. The van der Waals surface area contributed by atoms with E-state index in [-0.39, 0.29) is 12.2 Å². The van der Waals surface area contributed by atoms with Crippen molar-refractivity contribution in [2.45, 2.75) is 18.0 Å². The van der Waals surface area contributed by atoms with Crippen molar-refractivity contribution in [3.63, 3.8) is 0 Å². The fraction of sp³-hybridized carbons (Fsp3) is 1.00. The van der Waals surface area contributed by atoms with Crippen molar-refractivity contribution in [3.05, 3.63) is 0 Å². The Hall–Kier alpha value is -0.130. The van der Waals surface area contributed by atoms with Crippen LogP contribution in [0.15, 0.2) is 0 Å². The SMILES string of the molecule is O=S1(=O)CCCC1(O)O. The Morgan fingerprint density at radius 3 is 2.00 bits per heavy atom. The van der Waals surface area contributed by atoms with Crippen LogP contribution in [-0.4, -0.2) is 29.5 Å². The van der Waals surface area contributed by atoms with E-state index >= 15 is 0 Å². The summed E-state index contributed by atoms with van der Waals surface area (Å²) in [6, 6.07) is 0. The van der Waals surface area contributed by atoms with Gasteiger partial charge in [0.15, 0.2) is 0 Å². The van der Waals surface area contributed by atoms with Crippen molar-refractivity contribution < 1.29 is 18.6 Å². The summed E-state index contributed by atoms with van der Waals surface area (Å²) in [4.78, 5) is 0. The molecule has 4 nitrogen and oxygen atoms in total. The van der Waals surface area contributed by atoms with Gasteiger partial charge in [0, 0.05) is 6.42 Å². The van der Waals surface area contributed by atoms with Gasteiger partial charge in [-0.2, -0.15) is 0 Å². The highest BCUT2D eigenvalue weighted by molar-refractivity contribution is 7.92. The summed E-state index contributed by atoms with van der Waals surface area (Å²) in [5.41, 5.74) is 0. The Balaban J connectivity index is 3.03. The quantitative estimate of drug-likeness (QED) is 0.429. The van der Waals surface area contributed by atoms with E-state index in [4.69, 9.17) is 10.2 Å². The summed E-state index contributed by atoms with van der Waals surface area (Å²) in [5, 5.41) is 14.9. The number of sulfone groups is 1. The van der Waals surface area contributed by atoms with E-state index in [0.29, 0.717) is 6.42 Å². The van der Waals surface area contributed by atoms with Gasteiger partial charge in [-0.3, -0.25) is 0 Å². The van der Waals surface area contributed by atoms with Crippen LogP contribution in [0.3, 0.4) is 0 Å². The highest BCUT2D eigenvalue weighted by atomic mass is 32.2. The fourth-order valence-electron chi connectivity index (χ4n) is 0.811. The molecule has 0 unspecified atom stereocenters. The monoisotopic (exact) mass is 152 g/mol. The van der Waals surface area contributed by atoms with Crippen molar-refractivity contribution in [1.82, 2.24) is 0 Å². The van der Waals surface area contributed by atoms with Crippen LogP contribution in [0.4, 0.5) is 0 Å². The largest absolute Gasteiger partial charge is 0.354 e. The molecule has 1 aliphatic rings. The molecule has 0 aromatic heterocycles. The van der Waals surface area contributed by atoms with E-state index in [2.05, 4.69) is 0 Å². The third-order valence-electron chi connectivity index (χ3n) is 1.41. The first-order chi connectivity index (χ1) is 3.96. The lowest BCUT2D eigenvalue weighted by Gasteiger charge is -2.11. The summed E-state index contributed by atoms with van der Waals surface area (Å²) >= 11 is 0. The standard InChI is InChI=1S/C4H8O4S/c5-4(6)2-1-3-9(4,7)8/h5-6H,1-3H2. The van der Waals surface area contributed by atoms with Gasteiger partial charge >= 0.3 is 0 Å². The first-order valence-electron chi connectivity index (χ1n) is 2.63. The molecule has 0 spiro atoms. The first-order valence-corrected chi connectivity index (χ1v) is 4.28. The third kappa shape index (κ3) is 0.953. The average Bonchev–Trinajstić information content (AvgIpc) is 1.81. The molecule has 54 valence electrons. The molecule has 1 saturated heterocycles. The zero-order chi connectivity index (χ0) is 7.12. The average molecular weight is 152 g/mol. The maximum atomic E-state index is 10.6. The Labute approximate surface area is 53.0 Å². The molecule has 9 heavy (non-hydrogen) atoms. The maximum Gasteiger partial charge on any atom is 0.268 e. The normalized spacial score (nSPS) is 30.4. The lowest BCUT2D eigenvalue weighted by Crippen LogP contribution is -2.33. The second kappa shape index (κ2) is 1.68. The minimum Gasteiger partial charge on any atom is -0.354 e. The van der Waals surface area contributed by atoms with E-state index < -0.39 is 15.0 Å². The third-order valence-corrected chi connectivity index (χ3v) is 3.44. The predicted octanol–water partition coefficient (Wildman–Crippen LogP) is -1.17. The van der Waals surface area contributed by atoms with Crippen molar-refractivity contribution in [2.75, 3.05) is 5.75 Å². The minimum atomic E-state index is -3.61.